The first kappa shape index (κ1) is 15.9. The summed E-state index contributed by atoms with van der Waals surface area (Å²) in [4.78, 5) is 34.2. The summed E-state index contributed by atoms with van der Waals surface area (Å²) in [7, 11) is 0. The number of alkyl halides is 1. The van der Waals surface area contributed by atoms with Crippen molar-refractivity contribution in [3.05, 3.63) is 0 Å². The quantitative estimate of drug-likeness (QED) is 0.660. The molecule has 1 atom stereocenters. The summed E-state index contributed by atoms with van der Waals surface area (Å²) >= 11 is 5.31. The molecule has 0 rings (SSSR count). The fourth-order valence-corrected chi connectivity index (χ4v) is 1.45. The van der Waals surface area contributed by atoms with E-state index in [9.17, 15) is 14.4 Å². The molecule has 6 nitrogen and oxygen atoms in total. The van der Waals surface area contributed by atoms with Crippen LogP contribution in [0, 0.1) is 5.92 Å². The summed E-state index contributed by atoms with van der Waals surface area (Å²) in [5.74, 6) is -3.02. The van der Waals surface area contributed by atoms with Gasteiger partial charge in [-0.3, -0.25) is 19.3 Å². The van der Waals surface area contributed by atoms with Crippen LogP contribution in [0.4, 0.5) is 0 Å². The number of amides is 2. The van der Waals surface area contributed by atoms with Crippen LogP contribution in [0.2, 0.25) is 0 Å². The molecule has 1 unspecified atom stereocenters. The fraction of sp³-hybridized carbons (Fsp3) is 0.700. The van der Waals surface area contributed by atoms with E-state index in [0.717, 1.165) is 0 Å². The molecule has 98 valence electrons. The molecule has 0 bridgehead atoms. The number of carbonyl (C=O) groups excluding carboxylic acids is 2. The van der Waals surface area contributed by atoms with Gasteiger partial charge in [0.1, 0.15) is 12.4 Å². The van der Waals surface area contributed by atoms with E-state index < -0.39 is 36.3 Å². The van der Waals surface area contributed by atoms with Crippen LogP contribution in [-0.4, -0.2) is 46.3 Å². The highest BCUT2D eigenvalue weighted by Crippen LogP contribution is 2.06. The third-order valence-corrected chi connectivity index (χ3v) is 2.25. The normalized spacial score (nSPS) is 12.3. The summed E-state index contributed by atoms with van der Waals surface area (Å²) in [6.45, 7) is 3.03. The van der Waals surface area contributed by atoms with E-state index in [0.29, 0.717) is 11.3 Å². The lowest BCUT2D eigenvalue weighted by molar-refractivity contribution is -0.152. The maximum Gasteiger partial charge on any atom is 0.323 e. The van der Waals surface area contributed by atoms with Crippen LogP contribution < -0.4 is 5.73 Å². The highest BCUT2D eigenvalue weighted by Gasteiger charge is 2.28. The van der Waals surface area contributed by atoms with E-state index in [2.05, 4.69) is 0 Å². The Balaban J connectivity index is 4.73. The first-order valence-corrected chi connectivity index (χ1v) is 5.70. The first-order valence-electron chi connectivity index (χ1n) is 5.17. The van der Waals surface area contributed by atoms with E-state index in [1.807, 2.05) is 13.8 Å². The summed E-state index contributed by atoms with van der Waals surface area (Å²) in [5, 5.41) is 8.61. The second kappa shape index (κ2) is 7.24. The van der Waals surface area contributed by atoms with Crippen LogP contribution in [0.3, 0.4) is 0 Å². The highest BCUT2D eigenvalue weighted by atomic mass is 35.5. The lowest BCUT2D eigenvalue weighted by Crippen LogP contribution is -2.49. The number of hydrogen-bond donors (Lipinski definition) is 2. The number of rotatable bonds is 6. The van der Waals surface area contributed by atoms with Crippen LogP contribution in [0.25, 0.3) is 0 Å². The predicted octanol–water partition coefficient (Wildman–Crippen LogP) is 0.0384. The Morgan fingerprint density at radius 1 is 1.35 bits per heavy atom. The summed E-state index contributed by atoms with van der Waals surface area (Å²) in [6.07, 6.45) is 0.379. The lowest BCUT2D eigenvalue weighted by atomic mass is 10.0. The number of hydrogen-bond acceptors (Lipinski definition) is 4. The van der Waals surface area contributed by atoms with Crippen LogP contribution in [-0.2, 0) is 14.4 Å². The van der Waals surface area contributed by atoms with Gasteiger partial charge >= 0.3 is 5.97 Å². The minimum atomic E-state index is -1.28. The standard InChI is InChI=1S/C10H17ClN2O4/c1-6(2)3-7(12)10(17)13(5-9(15)16)8(14)4-11/h6-7H,3-5,12H2,1-2H3,(H,15,16). The number of carboxylic acids is 1. The Morgan fingerprint density at radius 2 is 1.88 bits per heavy atom. The van der Waals surface area contributed by atoms with Crippen molar-refractivity contribution >= 4 is 29.4 Å². The number of carboxylic acid groups (broad SMARTS) is 1. The predicted molar refractivity (Wildman–Crippen MR) is 62.5 cm³/mol. The molecule has 0 aliphatic heterocycles. The summed E-state index contributed by atoms with van der Waals surface area (Å²) in [5.41, 5.74) is 5.61. The van der Waals surface area contributed by atoms with Gasteiger partial charge in [0.15, 0.2) is 0 Å². The van der Waals surface area contributed by atoms with E-state index in [1.54, 1.807) is 0 Å². The van der Waals surface area contributed by atoms with Gasteiger partial charge < -0.3 is 10.8 Å². The van der Waals surface area contributed by atoms with Crippen molar-refractivity contribution in [3.8, 4) is 0 Å². The number of nitrogens with two attached hydrogens (primary N) is 1. The number of imide groups is 1. The molecule has 2 amide bonds. The fourth-order valence-electron chi connectivity index (χ4n) is 1.31. The Bertz CT molecular complexity index is 307. The topological polar surface area (TPSA) is 101 Å². The van der Waals surface area contributed by atoms with Gasteiger partial charge in [-0.05, 0) is 12.3 Å². The molecule has 0 aromatic heterocycles. The van der Waals surface area contributed by atoms with Crippen molar-refractivity contribution in [2.24, 2.45) is 11.7 Å². The minimum absolute atomic E-state index is 0.173. The molecule has 17 heavy (non-hydrogen) atoms. The number of carbonyl (C=O) groups is 3. The molecule has 0 aliphatic carbocycles. The van der Waals surface area contributed by atoms with Gasteiger partial charge in [-0.25, -0.2) is 0 Å². The molecule has 0 spiro atoms. The molecule has 0 saturated heterocycles. The SMILES string of the molecule is CC(C)CC(N)C(=O)N(CC(=O)O)C(=O)CCl. The summed E-state index contributed by atoms with van der Waals surface area (Å²) < 4.78 is 0. The van der Waals surface area contributed by atoms with Crippen LogP contribution in [0.15, 0.2) is 0 Å². The van der Waals surface area contributed by atoms with Crippen molar-refractivity contribution in [3.63, 3.8) is 0 Å². The Morgan fingerprint density at radius 3 is 2.24 bits per heavy atom. The third-order valence-electron chi connectivity index (χ3n) is 2.02. The molecule has 7 heteroatoms. The monoisotopic (exact) mass is 264 g/mol. The van der Waals surface area contributed by atoms with Crippen molar-refractivity contribution in [2.45, 2.75) is 26.3 Å². The Kier molecular flexibility index (Phi) is 6.75. The minimum Gasteiger partial charge on any atom is -0.480 e. The van der Waals surface area contributed by atoms with Crippen molar-refractivity contribution in [1.82, 2.24) is 4.90 Å². The zero-order valence-corrected chi connectivity index (χ0v) is 10.6. The van der Waals surface area contributed by atoms with Crippen LogP contribution in [0.5, 0.6) is 0 Å². The van der Waals surface area contributed by atoms with Gasteiger partial charge in [0.25, 0.3) is 0 Å². The van der Waals surface area contributed by atoms with Gasteiger partial charge in [-0.1, -0.05) is 13.8 Å². The second-order valence-electron chi connectivity index (χ2n) is 4.08. The summed E-state index contributed by atoms with van der Waals surface area (Å²) in [6, 6.07) is -0.887. The molecular weight excluding hydrogens is 248 g/mol. The highest BCUT2D eigenvalue weighted by molar-refractivity contribution is 6.28. The van der Waals surface area contributed by atoms with Crippen LogP contribution in [0.1, 0.15) is 20.3 Å². The molecule has 0 radical (unpaired) electrons. The molecule has 0 saturated carbocycles. The molecule has 0 aromatic rings. The first-order chi connectivity index (χ1) is 7.79. The molecule has 0 aromatic carbocycles. The Hall–Kier alpha value is -1.14. The Labute approximate surface area is 105 Å². The average molecular weight is 265 g/mol. The van der Waals surface area contributed by atoms with E-state index in [1.165, 1.54) is 0 Å². The number of halogens is 1. The van der Waals surface area contributed by atoms with Crippen molar-refractivity contribution in [1.29, 1.82) is 0 Å². The van der Waals surface area contributed by atoms with E-state index in [-0.39, 0.29) is 5.92 Å². The maximum absolute atomic E-state index is 11.8. The van der Waals surface area contributed by atoms with Crippen LogP contribution >= 0.6 is 11.6 Å². The molecule has 3 N–H and O–H groups in total. The molecule has 0 heterocycles. The zero-order chi connectivity index (χ0) is 13.6. The average Bonchev–Trinajstić information content (AvgIpc) is 2.22. The second-order valence-corrected chi connectivity index (χ2v) is 4.35. The largest absolute Gasteiger partial charge is 0.480 e. The van der Waals surface area contributed by atoms with Gasteiger partial charge in [0, 0.05) is 0 Å². The molecular formula is C10H17ClN2O4. The van der Waals surface area contributed by atoms with Crippen molar-refractivity contribution < 1.29 is 19.5 Å². The van der Waals surface area contributed by atoms with E-state index >= 15 is 0 Å². The molecule has 0 fully saturated rings. The zero-order valence-electron chi connectivity index (χ0n) is 9.85. The lowest BCUT2D eigenvalue weighted by Gasteiger charge is -2.22. The third kappa shape index (κ3) is 5.65. The smallest absolute Gasteiger partial charge is 0.323 e. The van der Waals surface area contributed by atoms with Gasteiger partial charge in [-0.2, -0.15) is 0 Å². The number of nitrogens with zero attached hydrogens (tertiary/aromatic N) is 1. The number of aliphatic carboxylic acids is 1. The maximum atomic E-state index is 11.8. The molecule has 0 aliphatic rings. The van der Waals surface area contributed by atoms with Gasteiger partial charge in [-0.15, -0.1) is 11.6 Å². The van der Waals surface area contributed by atoms with E-state index in [4.69, 9.17) is 22.4 Å². The van der Waals surface area contributed by atoms with Gasteiger partial charge in [0.2, 0.25) is 11.8 Å². The van der Waals surface area contributed by atoms with Gasteiger partial charge in [0.05, 0.1) is 6.04 Å². The van der Waals surface area contributed by atoms with Crippen molar-refractivity contribution in [2.75, 3.05) is 12.4 Å².